The second-order valence-corrected chi connectivity index (χ2v) is 5.35. The lowest BCUT2D eigenvalue weighted by atomic mass is 10.0. The molecule has 0 spiro atoms. The van der Waals surface area contributed by atoms with Crippen molar-refractivity contribution in [2.24, 2.45) is 0 Å². The summed E-state index contributed by atoms with van der Waals surface area (Å²) in [4.78, 5) is 12.3. The molecule has 18 heavy (non-hydrogen) atoms. The summed E-state index contributed by atoms with van der Waals surface area (Å²) in [6.07, 6.45) is 0. The molecule has 4 heteroatoms. The lowest BCUT2D eigenvalue weighted by Crippen LogP contribution is -2.02. The molecular weight excluding hydrogens is 332 g/mol. The molecule has 0 saturated carbocycles. The third kappa shape index (κ3) is 2.79. The number of halogens is 2. The third-order valence-corrected chi connectivity index (χ3v) is 3.98. The summed E-state index contributed by atoms with van der Waals surface area (Å²) in [6, 6.07) is 12.6. The van der Waals surface area contributed by atoms with Crippen LogP contribution in [0.1, 0.15) is 21.5 Å². The van der Waals surface area contributed by atoms with Gasteiger partial charge in [-0.15, -0.1) is 0 Å². The van der Waals surface area contributed by atoms with Gasteiger partial charge in [-0.05, 0) is 17.7 Å². The minimum atomic E-state index is -0.0768. The van der Waals surface area contributed by atoms with Crippen LogP contribution in [0.2, 0.25) is 5.02 Å². The van der Waals surface area contributed by atoms with E-state index < -0.39 is 0 Å². The molecule has 0 aliphatic heterocycles. The zero-order valence-corrected chi connectivity index (χ0v) is 12.6. The number of thiol groups is 1. The first kappa shape index (κ1) is 13.7. The highest BCUT2D eigenvalue weighted by Crippen LogP contribution is 2.28. The molecule has 2 aromatic carbocycles. The predicted octanol–water partition coefficient (Wildman–Crippen LogP) is 4.76. The molecule has 0 saturated heterocycles. The Kier molecular flexibility index (Phi) is 4.49. The van der Waals surface area contributed by atoms with Gasteiger partial charge in [0, 0.05) is 21.4 Å². The Labute approximate surface area is 125 Å². The normalized spacial score (nSPS) is 10.4. The van der Waals surface area contributed by atoms with Gasteiger partial charge in [0.25, 0.3) is 0 Å². The highest BCUT2D eigenvalue weighted by Gasteiger charge is 2.14. The van der Waals surface area contributed by atoms with Gasteiger partial charge in [-0.2, -0.15) is 12.6 Å². The Bertz CT molecular complexity index is 584. The van der Waals surface area contributed by atoms with E-state index in [0.29, 0.717) is 21.9 Å². The third-order valence-electron chi connectivity index (χ3n) is 2.59. The van der Waals surface area contributed by atoms with Gasteiger partial charge in [-0.3, -0.25) is 4.79 Å². The number of rotatable bonds is 3. The van der Waals surface area contributed by atoms with E-state index in [-0.39, 0.29) is 5.78 Å². The summed E-state index contributed by atoms with van der Waals surface area (Å²) in [5, 5.41) is 0.455. The van der Waals surface area contributed by atoms with E-state index in [0.717, 1.165) is 10.0 Å². The second-order valence-electron chi connectivity index (χ2n) is 3.78. The van der Waals surface area contributed by atoms with Crippen molar-refractivity contribution in [3.63, 3.8) is 0 Å². The van der Waals surface area contributed by atoms with Crippen LogP contribution in [0.5, 0.6) is 0 Å². The number of benzene rings is 2. The lowest BCUT2D eigenvalue weighted by Gasteiger charge is -2.08. The van der Waals surface area contributed by atoms with Crippen LogP contribution in [0.25, 0.3) is 0 Å². The molecule has 0 radical (unpaired) electrons. The molecule has 0 aliphatic rings. The molecule has 0 aromatic heterocycles. The molecule has 92 valence electrons. The Morgan fingerprint density at radius 1 is 1.22 bits per heavy atom. The molecule has 0 heterocycles. The summed E-state index contributed by atoms with van der Waals surface area (Å²) in [5.41, 5.74) is 2.10. The van der Waals surface area contributed by atoms with Gasteiger partial charge in [0.15, 0.2) is 5.78 Å². The van der Waals surface area contributed by atoms with Crippen molar-refractivity contribution in [3.8, 4) is 0 Å². The maximum atomic E-state index is 12.3. The first-order valence-electron chi connectivity index (χ1n) is 5.32. The number of carbonyl (C=O) groups is 1. The fraction of sp³-hybridized carbons (Fsp3) is 0.0714. The first-order valence-corrected chi connectivity index (χ1v) is 7.12. The number of carbonyl (C=O) groups excluding carboxylic acids is 1. The number of hydrogen-bond acceptors (Lipinski definition) is 2. The SMILES string of the molecule is O=C(c1ccccc1)c1cc(Br)c(CS)cc1Cl. The maximum Gasteiger partial charge on any atom is 0.194 e. The van der Waals surface area contributed by atoms with Crippen molar-refractivity contribution in [3.05, 3.63) is 68.7 Å². The quantitative estimate of drug-likeness (QED) is 0.629. The summed E-state index contributed by atoms with van der Waals surface area (Å²) in [7, 11) is 0. The maximum absolute atomic E-state index is 12.3. The molecule has 0 N–H and O–H groups in total. The van der Waals surface area contributed by atoms with Crippen LogP contribution in [-0.2, 0) is 5.75 Å². The zero-order chi connectivity index (χ0) is 13.1. The zero-order valence-electron chi connectivity index (χ0n) is 9.36. The van der Waals surface area contributed by atoms with Gasteiger partial charge >= 0.3 is 0 Å². The van der Waals surface area contributed by atoms with Crippen LogP contribution in [0.4, 0.5) is 0 Å². The molecular formula is C14H10BrClOS. The van der Waals surface area contributed by atoms with Crippen molar-refractivity contribution in [1.29, 1.82) is 0 Å². The van der Waals surface area contributed by atoms with Gasteiger partial charge in [0.2, 0.25) is 0 Å². The average Bonchev–Trinajstić information content (AvgIpc) is 2.41. The van der Waals surface area contributed by atoms with E-state index >= 15 is 0 Å². The molecule has 1 nitrogen and oxygen atoms in total. The highest BCUT2D eigenvalue weighted by molar-refractivity contribution is 9.10. The number of hydrogen-bond donors (Lipinski definition) is 1. The van der Waals surface area contributed by atoms with Crippen LogP contribution in [0, 0.1) is 0 Å². The van der Waals surface area contributed by atoms with E-state index in [1.54, 1.807) is 24.3 Å². The van der Waals surface area contributed by atoms with E-state index in [1.165, 1.54) is 0 Å². The van der Waals surface area contributed by atoms with E-state index in [9.17, 15) is 4.79 Å². The molecule has 2 aromatic rings. The molecule has 0 unspecified atom stereocenters. The van der Waals surface area contributed by atoms with Crippen molar-refractivity contribution in [2.45, 2.75) is 5.75 Å². The van der Waals surface area contributed by atoms with Gasteiger partial charge in [-0.1, -0.05) is 57.9 Å². The van der Waals surface area contributed by atoms with Crippen molar-refractivity contribution in [1.82, 2.24) is 0 Å². The van der Waals surface area contributed by atoms with Crippen molar-refractivity contribution in [2.75, 3.05) is 0 Å². The second kappa shape index (κ2) is 5.91. The fourth-order valence-corrected chi connectivity index (χ4v) is 2.86. The topological polar surface area (TPSA) is 17.1 Å². The molecule has 0 fully saturated rings. The molecule has 0 atom stereocenters. The minimum absolute atomic E-state index is 0.0768. The number of ketones is 1. The van der Waals surface area contributed by atoms with Crippen LogP contribution in [0.3, 0.4) is 0 Å². The first-order chi connectivity index (χ1) is 8.63. The summed E-state index contributed by atoms with van der Waals surface area (Å²) >= 11 is 13.8. The van der Waals surface area contributed by atoms with E-state index in [4.69, 9.17) is 11.6 Å². The van der Waals surface area contributed by atoms with Crippen LogP contribution >= 0.6 is 40.2 Å². The molecule has 0 aliphatic carbocycles. The Hall–Kier alpha value is -0.770. The summed E-state index contributed by atoms with van der Waals surface area (Å²) in [6.45, 7) is 0. The van der Waals surface area contributed by atoms with Crippen molar-refractivity contribution < 1.29 is 4.79 Å². The van der Waals surface area contributed by atoms with Gasteiger partial charge < -0.3 is 0 Å². The van der Waals surface area contributed by atoms with Gasteiger partial charge in [-0.25, -0.2) is 0 Å². The van der Waals surface area contributed by atoms with Crippen LogP contribution < -0.4 is 0 Å². The lowest BCUT2D eigenvalue weighted by molar-refractivity contribution is 0.103. The molecule has 2 rings (SSSR count). The minimum Gasteiger partial charge on any atom is -0.289 e. The standard InChI is InChI=1S/C14H10BrClOS/c15-12-7-11(13(16)6-10(12)8-18)14(17)9-4-2-1-3-5-9/h1-7,18H,8H2. The smallest absolute Gasteiger partial charge is 0.194 e. The predicted molar refractivity (Wildman–Crippen MR) is 81.7 cm³/mol. The largest absolute Gasteiger partial charge is 0.289 e. The molecule has 0 amide bonds. The summed E-state index contributed by atoms with van der Waals surface area (Å²) in [5.74, 6) is 0.493. The Morgan fingerprint density at radius 3 is 2.50 bits per heavy atom. The Balaban J connectivity index is 2.46. The Morgan fingerprint density at radius 2 is 1.89 bits per heavy atom. The monoisotopic (exact) mass is 340 g/mol. The van der Waals surface area contributed by atoms with Crippen LogP contribution in [0.15, 0.2) is 46.9 Å². The average molecular weight is 342 g/mol. The fourth-order valence-electron chi connectivity index (χ4n) is 1.63. The van der Waals surface area contributed by atoms with Gasteiger partial charge in [0.05, 0.1) is 5.02 Å². The molecule has 0 bridgehead atoms. The van der Waals surface area contributed by atoms with E-state index in [2.05, 4.69) is 28.6 Å². The highest BCUT2D eigenvalue weighted by atomic mass is 79.9. The summed E-state index contributed by atoms with van der Waals surface area (Å²) < 4.78 is 0.848. The van der Waals surface area contributed by atoms with E-state index in [1.807, 2.05) is 18.2 Å². The van der Waals surface area contributed by atoms with Gasteiger partial charge in [0.1, 0.15) is 0 Å². The van der Waals surface area contributed by atoms with Crippen LogP contribution in [-0.4, -0.2) is 5.78 Å². The van der Waals surface area contributed by atoms with Crippen molar-refractivity contribution >= 4 is 45.9 Å².